The Hall–Kier alpha value is -1.24. The standard InChI is InChI=1S/C12H15N/c1-2-12(10-8-9-10)13-11-6-4-3-5-7-11/h2-7,10,12-13H,1,8-9H2. The second kappa shape index (κ2) is 3.65. The Bertz CT molecular complexity index is 274. The third-order valence-electron chi connectivity index (χ3n) is 2.49. The summed E-state index contributed by atoms with van der Waals surface area (Å²) in [4.78, 5) is 0. The van der Waals surface area contributed by atoms with Gasteiger partial charge < -0.3 is 5.32 Å². The Labute approximate surface area is 79.5 Å². The number of hydrogen-bond acceptors (Lipinski definition) is 1. The predicted molar refractivity (Wildman–Crippen MR) is 56.8 cm³/mol. The van der Waals surface area contributed by atoms with Gasteiger partial charge in [0.2, 0.25) is 0 Å². The van der Waals surface area contributed by atoms with Gasteiger partial charge in [-0.15, -0.1) is 6.58 Å². The second-order valence-corrected chi connectivity index (χ2v) is 3.61. The first kappa shape index (κ1) is 8.36. The molecule has 1 aliphatic carbocycles. The maximum atomic E-state index is 3.86. The van der Waals surface area contributed by atoms with E-state index in [2.05, 4.69) is 36.2 Å². The highest BCUT2D eigenvalue weighted by atomic mass is 14.9. The van der Waals surface area contributed by atoms with Crippen molar-refractivity contribution < 1.29 is 0 Å². The van der Waals surface area contributed by atoms with Crippen LogP contribution in [-0.4, -0.2) is 6.04 Å². The van der Waals surface area contributed by atoms with Crippen LogP contribution in [0.2, 0.25) is 0 Å². The first-order valence-electron chi connectivity index (χ1n) is 4.84. The van der Waals surface area contributed by atoms with Crippen LogP contribution in [-0.2, 0) is 0 Å². The predicted octanol–water partition coefficient (Wildman–Crippen LogP) is 3.06. The maximum absolute atomic E-state index is 3.86. The largest absolute Gasteiger partial charge is 0.379 e. The van der Waals surface area contributed by atoms with E-state index in [1.807, 2.05) is 12.1 Å². The molecule has 1 aromatic carbocycles. The van der Waals surface area contributed by atoms with Gasteiger partial charge in [0, 0.05) is 11.7 Å². The van der Waals surface area contributed by atoms with Crippen molar-refractivity contribution in [3.63, 3.8) is 0 Å². The quantitative estimate of drug-likeness (QED) is 0.690. The molecule has 1 aliphatic rings. The van der Waals surface area contributed by atoms with Gasteiger partial charge in [-0.05, 0) is 30.9 Å². The summed E-state index contributed by atoms with van der Waals surface area (Å²) in [6.07, 6.45) is 4.71. The Morgan fingerprint density at radius 1 is 1.31 bits per heavy atom. The van der Waals surface area contributed by atoms with Crippen LogP contribution in [0.15, 0.2) is 43.0 Å². The van der Waals surface area contributed by atoms with Crippen molar-refractivity contribution in [1.82, 2.24) is 0 Å². The summed E-state index contributed by atoms with van der Waals surface area (Å²) in [6.45, 7) is 3.86. The molecule has 0 saturated heterocycles. The lowest BCUT2D eigenvalue weighted by Gasteiger charge is -2.14. The lowest BCUT2D eigenvalue weighted by Crippen LogP contribution is -2.18. The van der Waals surface area contributed by atoms with Crippen molar-refractivity contribution in [2.24, 2.45) is 5.92 Å². The van der Waals surface area contributed by atoms with Crippen LogP contribution in [0.1, 0.15) is 12.8 Å². The minimum Gasteiger partial charge on any atom is -0.379 e. The van der Waals surface area contributed by atoms with E-state index in [9.17, 15) is 0 Å². The van der Waals surface area contributed by atoms with Crippen molar-refractivity contribution in [2.75, 3.05) is 5.32 Å². The van der Waals surface area contributed by atoms with Gasteiger partial charge in [-0.3, -0.25) is 0 Å². The zero-order chi connectivity index (χ0) is 9.10. The summed E-state index contributed by atoms with van der Waals surface area (Å²) >= 11 is 0. The van der Waals surface area contributed by atoms with E-state index in [4.69, 9.17) is 0 Å². The topological polar surface area (TPSA) is 12.0 Å². The van der Waals surface area contributed by atoms with Crippen LogP contribution >= 0.6 is 0 Å². The molecule has 1 unspecified atom stereocenters. The molecule has 1 atom stereocenters. The van der Waals surface area contributed by atoms with E-state index in [1.54, 1.807) is 0 Å². The normalized spacial score (nSPS) is 17.8. The van der Waals surface area contributed by atoms with Crippen molar-refractivity contribution in [2.45, 2.75) is 18.9 Å². The van der Waals surface area contributed by atoms with Crippen molar-refractivity contribution >= 4 is 5.69 Å². The summed E-state index contributed by atoms with van der Waals surface area (Å²) in [5.74, 6) is 0.817. The third kappa shape index (κ3) is 2.11. The Morgan fingerprint density at radius 2 is 2.00 bits per heavy atom. The van der Waals surface area contributed by atoms with Crippen molar-refractivity contribution in [3.05, 3.63) is 43.0 Å². The number of para-hydroxylation sites is 1. The number of benzene rings is 1. The van der Waals surface area contributed by atoms with Gasteiger partial charge >= 0.3 is 0 Å². The summed E-state index contributed by atoms with van der Waals surface area (Å²) in [5.41, 5.74) is 1.19. The highest BCUT2D eigenvalue weighted by molar-refractivity contribution is 5.44. The van der Waals surface area contributed by atoms with E-state index >= 15 is 0 Å². The Kier molecular flexibility index (Phi) is 2.35. The molecular formula is C12H15N. The van der Waals surface area contributed by atoms with Crippen molar-refractivity contribution in [3.8, 4) is 0 Å². The van der Waals surface area contributed by atoms with Gasteiger partial charge in [-0.25, -0.2) is 0 Å². The maximum Gasteiger partial charge on any atom is 0.0470 e. The van der Waals surface area contributed by atoms with E-state index in [-0.39, 0.29) is 0 Å². The fourth-order valence-electron chi connectivity index (χ4n) is 1.55. The minimum atomic E-state index is 0.461. The van der Waals surface area contributed by atoms with E-state index < -0.39 is 0 Å². The van der Waals surface area contributed by atoms with Gasteiger partial charge in [0.25, 0.3) is 0 Å². The first-order valence-corrected chi connectivity index (χ1v) is 4.84. The van der Waals surface area contributed by atoms with Crippen LogP contribution in [0.3, 0.4) is 0 Å². The summed E-state index contributed by atoms with van der Waals surface area (Å²) in [5, 5.41) is 3.47. The molecule has 0 radical (unpaired) electrons. The monoisotopic (exact) mass is 173 g/mol. The van der Waals surface area contributed by atoms with Crippen LogP contribution in [0.25, 0.3) is 0 Å². The molecule has 0 bridgehead atoms. The van der Waals surface area contributed by atoms with E-state index in [1.165, 1.54) is 18.5 Å². The molecule has 1 fully saturated rings. The lowest BCUT2D eigenvalue weighted by molar-refractivity contribution is 0.757. The fraction of sp³-hybridized carbons (Fsp3) is 0.333. The third-order valence-corrected chi connectivity index (χ3v) is 2.49. The smallest absolute Gasteiger partial charge is 0.0470 e. The molecule has 68 valence electrons. The molecule has 0 aliphatic heterocycles. The molecule has 0 aromatic heterocycles. The van der Waals surface area contributed by atoms with Gasteiger partial charge in [0.15, 0.2) is 0 Å². The summed E-state index contributed by atoms with van der Waals surface area (Å²) in [6, 6.07) is 10.8. The molecule has 1 saturated carbocycles. The zero-order valence-corrected chi connectivity index (χ0v) is 7.74. The molecule has 1 heteroatoms. The molecule has 0 amide bonds. The molecule has 1 aromatic rings. The van der Waals surface area contributed by atoms with Crippen LogP contribution < -0.4 is 5.32 Å². The average Bonchev–Trinajstić information content (AvgIpc) is 2.99. The molecule has 1 nitrogen and oxygen atoms in total. The highest BCUT2D eigenvalue weighted by Crippen LogP contribution is 2.34. The number of nitrogens with one attached hydrogen (secondary N) is 1. The van der Waals surface area contributed by atoms with E-state index in [0.29, 0.717) is 6.04 Å². The van der Waals surface area contributed by atoms with Gasteiger partial charge in [0.05, 0.1) is 0 Å². The van der Waals surface area contributed by atoms with Gasteiger partial charge in [0.1, 0.15) is 0 Å². The minimum absolute atomic E-state index is 0.461. The van der Waals surface area contributed by atoms with Gasteiger partial charge in [-0.1, -0.05) is 24.3 Å². The number of anilines is 1. The van der Waals surface area contributed by atoms with Crippen molar-refractivity contribution in [1.29, 1.82) is 0 Å². The molecular weight excluding hydrogens is 158 g/mol. The average molecular weight is 173 g/mol. The number of rotatable bonds is 4. The first-order chi connectivity index (χ1) is 6.40. The Balaban J connectivity index is 1.99. The van der Waals surface area contributed by atoms with E-state index in [0.717, 1.165) is 5.92 Å². The second-order valence-electron chi connectivity index (χ2n) is 3.61. The Morgan fingerprint density at radius 3 is 2.54 bits per heavy atom. The molecule has 1 N–H and O–H groups in total. The zero-order valence-electron chi connectivity index (χ0n) is 7.74. The summed E-state index contributed by atoms with van der Waals surface area (Å²) in [7, 11) is 0. The fourth-order valence-corrected chi connectivity index (χ4v) is 1.55. The number of hydrogen-bond donors (Lipinski definition) is 1. The van der Waals surface area contributed by atoms with Crippen LogP contribution in [0.4, 0.5) is 5.69 Å². The highest BCUT2D eigenvalue weighted by Gasteiger charge is 2.28. The summed E-state index contributed by atoms with van der Waals surface area (Å²) < 4.78 is 0. The molecule has 2 rings (SSSR count). The molecule has 0 spiro atoms. The molecule has 13 heavy (non-hydrogen) atoms. The lowest BCUT2D eigenvalue weighted by atomic mass is 10.1. The SMILES string of the molecule is C=CC(Nc1ccccc1)C1CC1. The van der Waals surface area contributed by atoms with Crippen LogP contribution in [0, 0.1) is 5.92 Å². The molecule has 0 heterocycles. The van der Waals surface area contributed by atoms with Gasteiger partial charge in [-0.2, -0.15) is 0 Å². The van der Waals surface area contributed by atoms with Crippen LogP contribution in [0.5, 0.6) is 0 Å².